The highest BCUT2D eigenvalue weighted by Gasteiger charge is 2.35. The molecule has 0 aliphatic carbocycles. The second-order valence-corrected chi connectivity index (χ2v) is 7.96. The number of fused-ring (bicyclic) bond motifs is 1. The van der Waals surface area contributed by atoms with Crippen LogP contribution in [-0.4, -0.2) is 31.5 Å². The van der Waals surface area contributed by atoms with Crippen LogP contribution < -0.4 is 5.32 Å². The van der Waals surface area contributed by atoms with Gasteiger partial charge in [0.15, 0.2) is 9.84 Å². The van der Waals surface area contributed by atoms with Crippen molar-refractivity contribution in [1.29, 1.82) is 0 Å². The Morgan fingerprint density at radius 2 is 2.14 bits per heavy atom. The molecule has 0 bridgehead atoms. The van der Waals surface area contributed by atoms with Gasteiger partial charge in [-0.05, 0) is 43.7 Å². The quantitative estimate of drug-likeness (QED) is 0.946. The van der Waals surface area contributed by atoms with Gasteiger partial charge in [-0.2, -0.15) is 0 Å². The lowest BCUT2D eigenvalue weighted by atomic mass is 9.98. The average Bonchev–Trinajstić information content (AvgIpc) is 2.49. The normalized spacial score (nSPS) is 23.0. The van der Waals surface area contributed by atoms with Gasteiger partial charge in [-0.25, -0.2) is 8.42 Å². The van der Waals surface area contributed by atoms with Crippen LogP contribution in [0.25, 0.3) is 10.9 Å². The molecule has 1 aliphatic heterocycles. The number of aromatic nitrogens is 1. The predicted octanol–water partition coefficient (Wildman–Crippen LogP) is 2.46. The van der Waals surface area contributed by atoms with Crippen LogP contribution in [0.2, 0.25) is 0 Å². The van der Waals surface area contributed by atoms with Crippen molar-refractivity contribution in [1.82, 2.24) is 10.3 Å². The number of hydrogen-bond donors (Lipinski definition) is 1. The molecule has 0 saturated carbocycles. The Morgan fingerprint density at radius 3 is 2.90 bits per heavy atom. The highest BCUT2D eigenvalue weighted by molar-refractivity contribution is 7.92. The monoisotopic (exact) mass is 304 g/mol. The topological polar surface area (TPSA) is 59.1 Å². The van der Waals surface area contributed by atoms with Gasteiger partial charge in [0.05, 0.1) is 16.5 Å². The molecule has 1 aromatic carbocycles. The Kier molecular flexibility index (Phi) is 3.95. The van der Waals surface area contributed by atoms with E-state index in [0.29, 0.717) is 5.75 Å². The third-order valence-electron chi connectivity index (χ3n) is 4.30. The molecule has 0 spiro atoms. The van der Waals surface area contributed by atoms with Gasteiger partial charge in [0.25, 0.3) is 0 Å². The number of nitrogens with one attached hydrogen (secondary N) is 1. The van der Waals surface area contributed by atoms with E-state index in [-0.39, 0.29) is 11.3 Å². The van der Waals surface area contributed by atoms with Crippen LogP contribution in [0.3, 0.4) is 0 Å². The fourth-order valence-corrected chi connectivity index (χ4v) is 5.35. The molecule has 21 heavy (non-hydrogen) atoms. The van der Waals surface area contributed by atoms with Crippen LogP contribution in [-0.2, 0) is 9.84 Å². The van der Waals surface area contributed by atoms with Crippen molar-refractivity contribution in [3.05, 3.63) is 42.1 Å². The summed E-state index contributed by atoms with van der Waals surface area (Å²) in [4.78, 5) is 4.31. The summed E-state index contributed by atoms with van der Waals surface area (Å²) in [5, 5.41) is 3.93. The third-order valence-corrected chi connectivity index (χ3v) is 6.59. The van der Waals surface area contributed by atoms with Gasteiger partial charge in [0, 0.05) is 17.6 Å². The molecule has 112 valence electrons. The minimum absolute atomic E-state index is 0.153. The summed E-state index contributed by atoms with van der Waals surface area (Å²) in [6.45, 7) is 0. The van der Waals surface area contributed by atoms with Crippen molar-refractivity contribution in [2.45, 2.75) is 30.6 Å². The summed E-state index contributed by atoms with van der Waals surface area (Å²) in [6, 6.07) is 9.75. The molecule has 0 radical (unpaired) electrons. The first kappa shape index (κ1) is 14.5. The van der Waals surface area contributed by atoms with Crippen LogP contribution in [0.5, 0.6) is 0 Å². The second-order valence-electron chi connectivity index (χ2n) is 5.62. The zero-order valence-electron chi connectivity index (χ0n) is 12.1. The molecule has 2 atom stereocenters. The van der Waals surface area contributed by atoms with E-state index in [0.717, 1.165) is 35.7 Å². The van der Waals surface area contributed by atoms with Crippen molar-refractivity contribution >= 4 is 20.7 Å². The maximum absolute atomic E-state index is 12.4. The third kappa shape index (κ3) is 2.80. The summed E-state index contributed by atoms with van der Waals surface area (Å²) in [6.07, 6.45) is 4.27. The first-order chi connectivity index (χ1) is 10.1. The maximum atomic E-state index is 12.4. The second kappa shape index (κ2) is 5.73. The molecule has 5 heteroatoms. The van der Waals surface area contributed by atoms with E-state index in [1.165, 1.54) is 0 Å². The summed E-state index contributed by atoms with van der Waals surface area (Å²) in [5.74, 6) is 0.310. The summed E-state index contributed by atoms with van der Waals surface area (Å²) in [7, 11) is -1.18. The van der Waals surface area contributed by atoms with Gasteiger partial charge in [-0.15, -0.1) is 0 Å². The lowest BCUT2D eigenvalue weighted by Gasteiger charge is -2.30. The van der Waals surface area contributed by atoms with E-state index in [1.807, 2.05) is 37.4 Å². The van der Waals surface area contributed by atoms with Crippen molar-refractivity contribution in [3.8, 4) is 0 Å². The standard InChI is InChI=1S/C16H20N2O2S/c1-17-16(15-6-2-3-10-21(15,19)20)13-7-8-14-12(11-13)5-4-9-18-14/h4-5,7-9,11,15-17H,2-3,6,10H2,1H3. The van der Waals surface area contributed by atoms with Crippen LogP contribution >= 0.6 is 0 Å². The lowest BCUT2D eigenvalue weighted by Crippen LogP contribution is -2.39. The van der Waals surface area contributed by atoms with Crippen LogP contribution in [0.4, 0.5) is 0 Å². The highest BCUT2D eigenvalue weighted by Crippen LogP contribution is 2.31. The molecule has 1 saturated heterocycles. The molecule has 1 fully saturated rings. The average molecular weight is 304 g/mol. The fourth-order valence-electron chi connectivity index (χ4n) is 3.21. The van der Waals surface area contributed by atoms with Gasteiger partial charge >= 0.3 is 0 Å². The zero-order valence-corrected chi connectivity index (χ0v) is 12.9. The molecule has 3 rings (SSSR count). The molecular weight excluding hydrogens is 284 g/mol. The van der Waals surface area contributed by atoms with E-state index in [2.05, 4.69) is 10.3 Å². The van der Waals surface area contributed by atoms with Gasteiger partial charge < -0.3 is 5.32 Å². The Hall–Kier alpha value is -1.46. The summed E-state index contributed by atoms with van der Waals surface area (Å²) >= 11 is 0. The smallest absolute Gasteiger partial charge is 0.155 e. The molecule has 1 aromatic heterocycles. The Balaban J connectivity index is 2.01. The van der Waals surface area contributed by atoms with E-state index >= 15 is 0 Å². The van der Waals surface area contributed by atoms with Crippen LogP contribution in [0.15, 0.2) is 36.5 Å². The fraction of sp³-hybridized carbons (Fsp3) is 0.438. The SMILES string of the molecule is CNC(c1ccc2ncccc2c1)C1CCCCS1(=O)=O. The number of rotatable bonds is 3. The van der Waals surface area contributed by atoms with E-state index in [4.69, 9.17) is 0 Å². The maximum Gasteiger partial charge on any atom is 0.155 e. The minimum Gasteiger partial charge on any atom is -0.312 e. The first-order valence-corrected chi connectivity index (χ1v) is 9.07. The van der Waals surface area contributed by atoms with E-state index in [9.17, 15) is 8.42 Å². The number of benzene rings is 1. The highest BCUT2D eigenvalue weighted by atomic mass is 32.2. The van der Waals surface area contributed by atoms with Crippen LogP contribution in [0, 0.1) is 0 Å². The summed E-state index contributed by atoms with van der Waals surface area (Å²) < 4.78 is 24.7. The Morgan fingerprint density at radius 1 is 1.29 bits per heavy atom. The van der Waals surface area contributed by atoms with Crippen molar-refractivity contribution in [3.63, 3.8) is 0 Å². The molecule has 1 N–H and O–H groups in total. The molecular formula is C16H20N2O2S. The van der Waals surface area contributed by atoms with Gasteiger partial charge in [-0.3, -0.25) is 4.98 Å². The summed E-state index contributed by atoms with van der Waals surface area (Å²) in [5.41, 5.74) is 1.95. The van der Waals surface area contributed by atoms with Crippen molar-refractivity contribution < 1.29 is 8.42 Å². The zero-order chi connectivity index (χ0) is 14.9. The van der Waals surface area contributed by atoms with Crippen molar-refractivity contribution in [2.24, 2.45) is 0 Å². The lowest BCUT2D eigenvalue weighted by molar-refractivity contribution is 0.469. The van der Waals surface area contributed by atoms with Gasteiger partial charge in [0.1, 0.15) is 0 Å². The molecule has 2 aromatic rings. The number of pyridine rings is 1. The predicted molar refractivity (Wildman–Crippen MR) is 85.0 cm³/mol. The molecule has 1 aliphatic rings. The minimum atomic E-state index is -3.01. The number of sulfone groups is 1. The molecule has 2 unspecified atom stereocenters. The van der Waals surface area contributed by atoms with E-state index < -0.39 is 9.84 Å². The number of nitrogens with zero attached hydrogens (tertiary/aromatic N) is 1. The molecule has 0 amide bonds. The largest absolute Gasteiger partial charge is 0.312 e. The Bertz CT molecular complexity index is 743. The van der Waals surface area contributed by atoms with Gasteiger partial charge in [0.2, 0.25) is 0 Å². The molecule has 2 heterocycles. The van der Waals surface area contributed by atoms with Gasteiger partial charge in [-0.1, -0.05) is 18.6 Å². The van der Waals surface area contributed by atoms with E-state index in [1.54, 1.807) is 6.20 Å². The first-order valence-electron chi connectivity index (χ1n) is 7.35. The van der Waals surface area contributed by atoms with Crippen LogP contribution in [0.1, 0.15) is 30.9 Å². The number of hydrogen-bond acceptors (Lipinski definition) is 4. The Labute approximate surface area is 125 Å². The molecule has 4 nitrogen and oxygen atoms in total. The van der Waals surface area contributed by atoms with Crippen molar-refractivity contribution in [2.75, 3.05) is 12.8 Å².